The second-order valence-electron chi connectivity index (χ2n) is 4.74. The summed E-state index contributed by atoms with van der Waals surface area (Å²) < 4.78 is 0. The zero-order chi connectivity index (χ0) is 13.8. The van der Waals surface area contributed by atoms with Crippen LogP contribution in [0.15, 0.2) is 42.5 Å². The summed E-state index contributed by atoms with van der Waals surface area (Å²) in [6.45, 7) is 4.06. The van der Waals surface area contributed by atoms with Crippen molar-refractivity contribution in [3.8, 4) is 0 Å². The van der Waals surface area contributed by atoms with Crippen LogP contribution in [0.4, 0.5) is 0 Å². The largest absolute Gasteiger partial charge is 0.289 e. The lowest BCUT2D eigenvalue weighted by Gasteiger charge is -2.06. The van der Waals surface area contributed by atoms with Crippen LogP contribution in [-0.4, -0.2) is 5.78 Å². The van der Waals surface area contributed by atoms with Crippen molar-refractivity contribution in [1.29, 1.82) is 0 Å². The Morgan fingerprint density at radius 2 is 1.79 bits per heavy atom. The molecular weight excluding hydrogens is 256 g/mol. The smallest absolute Gasteiger partial charge is 0.193 e. The molecular formula is C17H17ClO. The number of ketones is 1. The lowest BCUT2D eigenvalue weighted by Crippen LogP contribution is -2.03. The highest BCUT2D eigenvalue weighted by Gasteiger charge is 2.11. The number of halogens is 1. The van der Waals surface area contributed by atoms with Crippen molar-refractivity contribution in [2.24, 2.45) is 0 Å². The van der Waals surface area contributed by atoms with E-state index in [0.29, 0.717) is 10.6 Å². The van der Waals surface area contributed by atoms with E-state index >= 15 is 0 Å². The molecule has 1 nitrogen and oxygen atoms in total. The van der Waals surface area contributed by atoms with Gasteiger partial charge in [-0.05, 0) is 42.7 Å². The van der Waals surface area contributed by atoms with Crippen molar-refractivity contribution >= 4 is 17.4 Å². The van der Waals surface area contributed by atoms with Gasteiger partial charge in [0.05, 0.1) is 0 Å². The molecule has 2 aromatic rings. The first-order valence-electron chi connectivity index (χ1n) is 6.51. The van der Waals surface area contributed by atoms with Gasteiger partial charge in [0.15, 0.2) is 5.78 Å². The fourth-order valence-corrected chi connectivity index (χ4v) is 2.38. The van der Waals surface area contributed by atoms with Crippen LogP contribution in [0.5, 0.6) is 0 Å². The van der Waals surface area contributed by atoms with Crippen LogP contribution >= 0.6 is 11.6 Å². The molecule has 0 bridgehead atoms. The Hall–Kier alpha value is -1.60. The summed E-state index contributed by atoms with van der Waals surface area (Å²) in [6, 6.07) is 13.2. The molecule has 0 aliphatic heterocycles. The molecule has 2 aromatic carbocycles. The van der Waals surface area contributed by atoms with E-state index in [2.05, 4.69) is 6.92 Å². The molecule has 19 heavy (non-hydrogen) atoms. The van der Waals surface area contributed by atoms with Gasteiger partial charge in [0.25, 0.3) is 0 Å². The van der Waals surface area contributed by atoms with Gasteiger partial charge in [0.2, 0.25) is 0 Å². The third-order valence-electron chi connectivity index (χ3n) is 3.19. The van der Waals surface area contributed by atoms with Gasteiger partial charge >= 0.3 is 0 Å². The number of hydrogen-bond acceptors (Lipinski definition) is 1. The van der Waals surface area contributed by atoms with Gasteiger partial charge in [0.1, 0.15) is 0 Å². The summed E-state index contributed by atoms with van der Waals surface area (Å²) in [5.41, 5.74) is 3.62. The van der Waals surface area contributed by atoms with Crippen LogP contribution in [0.25, 0.3) is 0 Å². The molecule has 0 spiro atoms. The van der Waals surface area contributed by atoms with Gasteiger partial charge in [-0.3, -0.25) is 4.79 Å². The molecule has 0 aliphatic carbocycles. The van der Waals surface area contributed by atoms with Crippen LogP contribution in [0.2, 0.25) is 5.02 Å². The van der Waals surface area contributed by atoms with E-state index in [-0.39, 0.29) is 5.78 Å². The minimum Gasteiger partial charge on any atom is -0.289 e. The number of hydrogen-bond donors (Lipinski definition) is 0. The molecule has 0 aromatic heterocycles. The van der Waals surface area contributed by atoms with Crippen LogP contribution in [0.1, 0.15) is 40.4 Å². The summed E-state index contributed by atoms with van der Waals surface area (Å²) in [5, 5.41) is 0.660. The first-order chi connectivity index (χ1) is 9.11. The summed E-state index contributed by atoms with van der Waals surface area (Å²) in [6.07, 6.45) is 2.16. The van der Waals surface area contributed by atoms with E-state index in [9.17, 15) is 4.79 Å². The molecule has 2 heteroatoms. The Labute approximate surface area is 119 Å². The zero-order valence-corrected chi connectivity index (χ0v) is 12.0. The van der Waals surface area contributed by atoms with Crippen LogP contribution in [0, 0.1) is 6.92 Å². The number of aryl methyl sites for hydroxylation is 2. The number of carbonyl (C=O) groups is 1. The fourth-order valence-electron chi connectivity index (χ4n) is 2.15. The Bertz CT molecular complexity index is 585. The molecule has 0 aliphatic rings. The van der Waals surface area contributed by atoms with Gasteiger partial charge < -0.3 is 0 Å². The number of rotatable bonds is 4. The van der Waals surface area contributed by atoms with E-state index in [0.717, 1.165) is 24.0 Å². The minimum absolute atomic E-state index is 0.0530. The summed E-state index contributed by atoms with van der Waals surface area (Å²) >= 11 is 5.91. The van der Waals surface area contributed by atoms with Crippen molar-refractivity contribution in [3.05, 3.63) is 69.7 Å². The Balaban J connectivity index is 2.28. The standard InChI is InChI=1S/C17H17ClO/c1-3-4-13-5-7-14(8-6-13)17(19)16-10-9-15(18)11-12(16)2/h5-11H,3-4H2,1-2H3. The molecule has 0 atom stereocenters. The summed E-state index contributed by atoms with van der Waals surface area (Å²) in [7, 11) is 0. The van der Waals surface area contributed by atoms with Crippen molar-refractivity contribution in [2.75, 3.05) is 0 Å². The normalized spacial score (nSPS) is 10.5. The molecule has 98 valence electrons. The van der Waals surface area contributed by atoms with Gasteiger partial charge in [-0.1, -0.05) is 49.2 Å². The molecule has 0 amide bonds. The second kappa shape index (κ2) is 6.03. The maximum absolute atomic E-state index is 12.4. The summed E-state index contributed by atoms with van der Waals surface area (Å²) in [5.74, 6) is 0.0530. The SMILES string of the molecule is CCCc1ccc(C(=O)c2ccc(Cl)cc2C)cc1. The Morgan fingerprint density at radius 1 is 1.11 bits per heavy atom. The first-order valence-corrected chi connectivity index (χ1v) is 6.89. The zero-order valence-electron chi connectivity index (χ0n) is 11.2. The maximum Gasteiger partial charge on any atom is 0.193 e. The molecule has 0 N–H and O–H groups in total. The monoisotopic (exact) mass is 272 g/mol. The molecule has 0 radical (unpaired) electrons. The third kappa shape index (κ3) is 3.24. The maximum atomic E-state index is 12.4. The van der Waals surface area contributed by atoms with Crippen molar-refractivity contribution in [1.82, 2.24) is 0 Å². The van der Waals surface area contributed by atoms with Crippen molar-refractivity contribution in [2.45, 2.75) is 26.7 Å². The lowest BCUT2D eigenvalue weighted by atomic mass is 9.98. The second-order valence-corrected chi connectivity index (χ2v) is 5.17. The molecule has 0 saturated heterocycles. The van der Waals surface area contributed by atoms with E-state index in [1.807, 2.05) is 37.3 Å². The molecule has 0 unspecified atom stereocenters. The summed E-state index contributed by atoms with van der Waals surface area (Å²) in [4.78, 5) is 12.4. The van der Waals surface area contributed by atoms with Gasteiger partial charge in [-0.15, -0.1) is 0 Å². The predicted molar refractivity (Wildman–Crippen MR) is 80.1 cm³/mol. The predicted octanol–water partition coefficient (Wildman–Crippen LogP) is 4.83. The van der Waals surface area contributed by atoms with E-state index in [1.165, 1.54) is 5.56 Å². The lowest BCUT2D eigenvalue weighted by molar-refractivity contribution is 0.103. The highest BCUT2D eigenvalue weighted by Crippen LogP contribution is 2.19. The highest BCUT2D eigenvalue weighted by molar-refractivity contribution is 6.30. The molecule has 0 saturated carbocycles. The van der Waals surface area contributed by atoms with Crippen molar-refractivity contribution < 1.29 is 4.79 Å². The minimum atomic E-state index is 0.0530. The first kappa shape index (κ1) is 13.8. The third-order valence-corrected chi connectivity index (χ3v) is 3.42. The van der Waals surface area contributed by atoms with Gasteiger partial charge in [0, 0.05) is 16.1 Å². The Morgan fingerprint density at radius 3 is 2.37 bits per heavy atom. The molecule has 2 rings (SSSR count). The average molecular weight is 273 g/mol. The van der Waals surface area contributed by atoms with Crippen LogP contribution in [-0.2, 0) is 6.42 Å². The van der Waals surface area contributed by atoms with Gasteiger partial charge in [-0.2, -0.15) is 0 Å². The quantitative estimate of drug-likeness (QED) is 0.729. The number of benzene rings is 2. The van der Waals surface area contributed by atoms with Crippen LogP contribution in [0.3, 0.4) is 0 Å². The van der Waals surface area contributed by atoms with Crippen LogP contribution < -0.4 is 0 Å². The molecule has 0 heterocycles. The highest BCUT2D eigenvalue weighted by atomic mass is 35.5. The average Bonchev–Trinajstić information content (AvgIpc) is 2.39. The van der Waals surface area contributed by atoms with E-state index in [1.54, 1.807) is 12.1 Å². The number of carbonyl (C=O) groups excluding carboxylic acids is 1. The molecule has 0 fully saturated rings. The van der Waals surface area contributed by atoms with Gasteiger partial charge in [-0.25, -0.2) is 0 Å². The van der Waals surface area contributed by atoms with E-state index in [4.69, 9.17) is 11.6 Å². The van der Waals surface area contributed by atoms with Crippen molar-refractivity contribution in [3.63, 3.8) is 0 Å². The fraction of sp³-hybridized carbons (Fsp3) is 0.235. The Kier molecular flexibility index (Phi) is 4.39. The van der Waals surface area contributed by atoms with E-state index < -0.39 is 0 Å². The topological polar surface area (TPSA) is 17.1 Å².